The minimum absolute atomic E-state index is 0.352. The summed E-state index contributed by atoms with van der Waals surface area (Å²) >= 11 is 0. The van der Waals surface area contributed by atoms with Gasteiger partial charge in [-0.15, -0.1) is 6.58 Å². The molecule has 0 amide bonds. The molecule has 0 aliphatic heterocycles. The van der Waals surface area contributed by atoms with E-state index in [2.05, 4.69) is 10.9 Å². The molecule has 0 heterocycles. The van der Waals surface area contributed by atoms with Crippen molar-refractivity contribution >= 4 is 15.6 Å². The molecule has 0 radical (unpaired) electrons. The molecule has 0 saturated heterocycles. The number of hydrogen-bond acceptors (Lipinski definition) is 4. The molecule has 14 heavy (non-hydrogen) atoms. The van der Waals surface area contributed by atoms with Crippen LogP contribution in [0.5, 0.6) is 0 Å². The van der Waals surface area contributed by atoms with Crippen molar-refractivity contribution in [1.29, 1.82) is 0 Å². The molecule has 0 spiro atoms. The van der Waals surface area contributed by atoms with Gasteiger partial charge in [0.1, 0.15) is 0 Å². The summed E-state index contributed by atoms with van der Waals surface area (Å²) in [6.45, 7) is 4.97. The Morgan fingerprint density at radius 1 is 1.21 bits per heavy atom. The van der Waals surface area contributed by atoms with Gasteiger partial charge < -0.3 is 24.7 Å². The Balaban J connectivity index is 0. The highest BCUT2D eigenvalue weighted by atomic mass is 31.3. The first-order valence-corrected chi connectivity index (χ1v) is 6.17. The van der Waals surface area contributed by atoms with Crippen LogP contribution in [0.2, 0.25) is 0 Å². The second-order valence-corrected chi connectivity index (χ2v) is 4.65. The summed E-state index contributed by atoms with van der Waals surface area (Å²) in [6, 6.07) is 0. The van der Waals surface area contributed by atoms with E-state index in [1.54, 1.807) is 6.92 Å². The van der Waals surface area contributed by atoms with Crippen LogP contribution in [0.25, 0.3) is 0 Å². The third-order valence-corrected chi connectivity index (χ3v) is 2.26. The molecule has 0 bridgehead atoms. The van der Waals surface area contributed by atoms with Crippen LogP contribution >= 0.6 is 15.6 Å². The van der Waals surface area contributed by atoms with Gasteiger partial charge in [0.25, 0.3) is 0 Å². The lowest BCUT2D eigenvalue weighted by atomic mass is 10.4. The van der Waals surface area contributed by atoms with E-state index >= 15 is 0 Å². The van der Waals surface area contributed by atoms with E-state index in [9.17, 15) is 9.13 Å². The van der Waals surface area contributed by atoms with Crippen molar-refractivity contribution in [3.05, 3.63) is 12.7 Å². The van der Waals surface area contributed by atoms with Gasteiger partial charge in [0.2, 0.25) is 0 Å². The number of phosphoric acid groups is 2. The Morgan fingerprint density at radius 3 is 1.43 bits per heavy atom. The van der Waals surface area contributed by atoms with Crippen molar-refractivity contribution in [2.45, 2.75) is 13.0 Å². The van der Waals surface area contributed by atoms with E-state index < -0.39 is 15.6 Å². The minimum Gasteiger partial charge on any atom is -0.389 e. The van der Waals surface area contributed by atoms with Gasteiger partial charge in [0, 0.05) is 0 Å². The van der Waals surface area contributed by atoms with E-state index in [-0.39, 0.29) is 6.10 Å². The molecule has 0 aliphatic carbocycles. The van der Waals surface area contributed by atoms with Gasteiger partial charge in [-0.2, -0.15) is 4.31 Å². The fourth-order valence-electron chi connectivity index (χ4n) is 0.139. The number of aliphatic hydroxyl groups excluding tert-OH is 1. The molecule has 5 N–H and O–H groups in total. The molecule has 8 nitrogen and oxygen atoms in total. The molecule has 0 saturated carbocycles. The predicted octanol–water partition coefficient (Wildman–Crippen LogP) is -0.258. The highest BCUT2D eigenvalue weighted by Gasteiger charge is 2.27. The van der Waals surface area contributed by atoms with Crippen molar-refractivity contribution in [1.82, 2.24) is 0 Å². The Labute approximate surface area is 80.3 Å². The SMILES string of the molecule is C=CC(C)O.O=P(O)(O)OP(=O)(O)O. The molecular weight excluding hydrogens is 238 g/mol. The van der Waals surface area contributed by atoms with Gasteiger partial charge in [-0.1, -0.05) is 6.08 Å². The number of aliphatic hydroxyl groups is 1. The van der Waals surface area contributed by atoms with Crippen LogP contribution < -0.4 is 0 Å². The van der Waals surface area contributed by atoms with Crippen molar-refractivity contribution in [2.24, 2.45) is 0 Å². The Hall–Kier alpha value is -0.0400. The number of rotatable bonds is 3. The van der Waals surface area contributed by atoms with Gasteiger partial charge in [0.05, 0.1) is 6.10 Å². The molecule has 1 unspecified atom stereocenters. The maximum Gasteiger partial charge on any atom is 0.478 e. The summed E-state index contributed by atoms with van der Waals surface area (Å²) in [5.74, 6) is 0. The third-order valence-electron chi connectivity index (χ3n) is 0.554. The van der Waals surface area contributed by atoms with Crippen LogP contribution in [-0.2, 0) is 13.4 Å². The summed E-state index contributed by atoms with van der Waals surface area (Å²) in [6.07, 6.45) is 1.12. The standard InChI is InChI=1S/C4H8O.H4O7P2/c1-3-4(2)5;1-8(2,3)7-9(4,5)6/h3-5H,1H2,2H3;(H2,1,2,3)(H2,4,5,6). The van der Waals surface area contributed by atoms with Crippen LogP contribution in [0.3, 0.4) is 0 Å². The predicted molar refractivity (Wildman–Crippen MR) is 47.1 cm³/mol. The average Bonchev–Trinajstić information content (AvgIpc) is 1.80. The summed E-state index contributed by atoms with van der Waals surface area (Å²) in [4.78, 5) is 31.0. The first-order chi connectivity index (χ1) is 5.98. The second kappa shape index (κ2) is 6.44. The summed E-state index contributed by atoms with van der Waals surface area (Å²) in [5, 5.41) is 8.24. The molecule has 0 aromatic rings. The van der Waals surface area contributed by atoms with Crippen LogP contribution in [0.15, 0.2) is 12.7 Å². The van der Waals surface area contributed by atoms with Gasteiger partial charge in [0.15, 0.2) is 0 Å². The van der Waals surface area contributed by atoms with Crippen molar-refractivity contribution in [2.75, 3.05) is 0 Å². The van der Waals surface area contributed by atoms with Gasteiger partial charge in [-0.25, -0.2) is 9.13 Å². The van der Waals surface area contributed by atoms with Crippen molar-refractivity contribution < 1.29 is 38.1 Å². The summed E-state index contributed by atoms with van der Waals surface area (Å²) < 4.78 is 22.2. The van der Waals surface area contributed by atoms with E-state index in [1.807, 2.05) is 0 Å². The fourth-order valence-corrected chi connectivity index (χ4v) is 1.25. The average molecular weight is 250 g/mol. The highest BCUT2D eigenvalue weighted by Crippen LogP contribution is 2.53. The monoisotopic (exact) mass is 250 g/mol. The summed E-state index contributed by atoms with van der Waals surface area (Å²) in [5.41, 5.74) is 0. The quantitative estimate of drug-likeness (QED) is 0.340. The maximum atomic E-state index is 9.63. The molecule has 0 rings (SSSR count). The molecule has 0 fully saturated rings. The lowest BCUT2D eigenvalue weighted by molar-refractivity contribution is 0.225. The zero-order chi connectivity index (χ0) is 12.0. The van der Waals surface area contributed by atoms with E-state index in [0.29, 0.717) is 0 Å². The Bertz CT molecular complexity index is 228. The van der Waals surface area contributed by atoms with E-state index in [4.69, 9.17) is 24.7 Å². The smallest absolute Gasteiger partial charge is 0.389 e. The molecule has 0 aromatic carbocycles. The van der Waals surface area contributed by atoms with Gasteiger partial charge in [-0.05, 0) is 6.92 Å². The van der Waals surface area contributed by atoms with E-state index in [0.717, 1.165) is 0 Å². The molecule has 10 heteroatoms. The summed E-state index contributed by atoms with van der Waals surface area (Å²) in [7, 11) is -10.1. The molecule has 1 atom stereocenters. The zero-order valence-electron chi connectivity index (χ0n) is 7.22. The number of hydrogen-bond donors (Lipinski definition) is 5. The lowest BCUT2D eigenvalue weighted by Crippen LogP contribution is -1.88. The van der Waals surface area contributed by atoms with E-state index in [1.165, 1.54) is 6.08 Å². The highest BCUT2D eigenvalue weighted by molar-refractivity contribution is 7.60. The van der Waals surface area contributed by atoms with Crippen LogP contribution in [0.4, 0.5) is 0 Å². The lowest BCUT2D eigenvalue weighted by Gasteiger charge is -2.03. The van der Waals surface area contributed by atoms with Crippen LogP contribution in [-0.4, -0.2) is 30.8 Å². The van der Waals surface area contributed by atoms with Crippen LogP contribution in [0, 0.1) is 0 Å². The van der Waals surface area contributed by atoms with Crippen molar-refractivity contribution in [3.63, 3.8) is 0 Å². The Morgan fingerprint density at radius 2 is 1.43 bits per heavy atom. The molecule has 0 aliphatic rings. The normalized spacial score (nSPS) is 13.9. The minimum atomic E-state index is -5.05. The van der Waals surface area contributed by atoms with Crippen LogP contribution in [0.1, 0.15) is 6.92 Å². The first-order valence-electron chi connectivity index (χ1n) is 3.11. The third kappa shape index (κ3) is 22.7. The van der Waals surface area contributed by atoms with Crippen molar-refractivity contribution in [3.8, 4) is 0 Å². The first kappa shape index (κ1) is 16.4. The topological polar surface area (TPSA) is 145 Å². The molecule has 86 valence electrons. The zero-order valence-corrected chi connectivity index (χ0v) is 9.01. The molecule has 0 aromatic heterocycles. The second-order valence-electron chi connectivity index (χ2n) is 2.04. The largest absolute Gasteiger partial charge is 0.478 e. The Kier molecular flexibility index (Phi) is 7.55. The van der Waals surface area contributed by atoms with Gasteiger partial charge >= 0.3 is 15.6 Å². The molecular formula is C4H12O8P2. The van der Waals surface area contributed by atoms with Gasteiger partial charge in [-0.3, -0.25) is 0 Å². The fraction of sp³-hybridized carbons (Fsp3) is 0.500. The maximum absolute atomic E-state index is 9.63.